The van der Waals surface area contributed by atoms with Crippen molar-refractivity contribution in [2.24, 2.45) is 0 Å². The van der Waals surface area contributed by atoms with Crippen LogP contribution in [0.3, 0.4) is 0 Å². The number of Topliss-reactive ketones (excluding diaryl/α,β-unsaturated/α-hetero) is 1. The number of ketones is 1. The number of hydrogen-bond donors (Lipinski definition) is 1. The molecular weight excluding hydrogens is 390 g/mol. The Morgan fingerprint density at radius 2 is 1.45 bits per heavy atom. The Bertz CT molecular complexity index is 1060. The average Bonchev–Trinajstić information content (AvgIpc) is 2.80. The first-order chi connectivity index (χ1) is 14.9. The number of nitrogens with one attached hydrogen (secondary N) is 1. The lowest BCUT2D eigenvalue weighted by molar-refractivity contribution is -0.143. The van der Waals surface area contributed by atoms with E-state index in [1.54, 1.807) is 36.4 Å². The van der Waals surface area contributed by atoms with E-state index >= 15 is 0 Å². The highest BCUT2D eigenvalue weighted by molar-refractivity contribution is 5.98. The fraction of sp³-hybridized carbons (Fsp3) is 0.192. The van der Waals surface area contributed by atoms with Gasteiger partial charge < -0.3 is 10.1 Å². The maximum atomic E-state index is 12.6. The van der Waals surface area contributed by atoms with Gasteiger partial charge in [0.1, 0.15) is 0 Å². The molecule has 3 aromatic carbocycles. The number of aryl methyl sites for hydroxylation is 2. The molecule has 0 fully saturated rings. The number of esters is 1. The van der Waals surface area contributed by atoms with Crippen molar-refractivity contribution in [3.05, 3.63) is 107 Å². The third kappa shape index (κ3) is 6.12. The molecule has 0 saturated carbocycles. The molecule has 0 aliphatic rings. The number of carbonyl (C=O) groups excluding carboxylic acids is 3. The third-order valence-electron chi connectivity index (χ3n) is 5.11. The first kappa shape index (κ1) is 22.0. The van der Waals surface area contributed by atoms with Crippen LogP contribution >= 0.6 is 0 Å². The first-order valence-corrected chi connectivity index (χ1v) is 10.1. The van der Waals surface area contributed by atoms with Gasteiger partial charge in [-0.15, -0.1) is 0 Å². The summed E-state index contributed by atoms with van der Waals surface area (Å²) in [5.41, 5.74) is 3.89. The number of rotatable bonds is 8. The summed E-state index contributed by atoms with van der Waals surface area (Å²) in [7, 11) is 0. The van der Waals surface area contributed by atoms with E-state index in [0.29, 0.717) is 11.1 Å². The van der Waals surface area contributed by atoms with Crippen LogP contribution < -0.4 is 5.32 Å². The van der Waals surface area contributed by atoms with Crippen LogP contribution in [0.15, 0.2) is 78.9 Å². The molecule has 5 nitrogen and oxygen atoms in total. The molecule has 1 N–H and O–H groups in total. The van der Waals surface area contributed by atoms with Crippen LogP contribution in [0, 0.1) is 13.8 Å². The molecule has 0 aliphatic carbocycles. The molecule has 0 bridgehead atoms. The van der Waals surface area contributed by atoms with Crippen LogP contribution in [-0.4, -0.2) is 24.3 Å². The predicted octanol–water partition coefficient (Wildman–Crippen LogP) is 4.59. The summed E-state index contributed by atoms with van der Waals surface area (Å²) in [5.74, 6) is -1.10. The fourth-order valence-electron chi connectivity index (χ4n) is 3.14. The van der Waals surface area contributed by atoms with E-state index in [-0.39, 0.29) is 24.7 Å². The highest BCUT2D eigenvalue weighted by Crippen LogP contribution is 2.18. The Morgan fingerprint density at radius 1 is 0.806 bits per heavy atom. The molecule has 1 atom stereocenters. The highest BCUT2D eigenvalue weighted by atomic mass is 16.5. The van der Waals surface area contributed by atoms with Crippen LogP contribution in [0.5, 0.6) is 0 Å². The Kier molecular flexibility index (Phi) is 7.33. The number of ether oxygens (including phenoxy) is 1. The lowest BCUT2D eigenvalue weighted by atomic mass is 10.0. The van der Waals surface area contributed by atoms with Gasteiger partial charge in [-0.05, 0) is 48.7 Å². The molecule has 3 rings (SSSR count). The van der Waals surface area contributed by atoms with Crippen molar-refractivity contribution < 1.29 is 19.1 Å². The van der Waals surface area contributed by atoms with E-state index in [1.165, 1.54) is 0 Å². The van der Waals surface area contributed by atoms with Gasteiger partial charge in [0.15, 0.2) is 12.4 Å². The standard InChI is InChI=1S/C26H25NO4/c1-18-13-14-22(15-19(18)2)24(28)17-31-25(29)16-23(20-9-5-3-6-10-20)27-26(30)21-11-7-4-8-12-21/h3-15,23H,16-17H2,1-2H3,(H,27,30). The minimum Gasteiger partial charge on any atom is -0.457 e. The highest BCUT2D eigenvalue weighted by Gasteiger charge is 2.21. The molecule has 3 aromatic rings. The third-order valence-corrected chi connectivity index (χ3v) is 5.11. The molecule has 5 heteroatoms. The zero-order valence-corrected chi connectivity index (χ0v) is 17.6. The average molecular weight is 415 g/mol. The maximum absolute atomic E-state index is 12.6. The number of hydrogen-bond acceptors (Lipinski definition) is 4. The number of benzene rings is 3. The second-order valence-corrected chi connectivity index (χ2v) is 7.39. The maximum Gasteiger partial charge on any atom is 0.308 e. The Hall–Kier alpha value is -3.73. The topological polar surface area (TPSA) is 72.5 Å². The van der Waals surface area contributed by atoms with E-state index < -0.39 is 12.0 Å². The summed E-state index contributed by atoms with van der Waals surface area (Å²) in [6, 6.07) is 22.8. The molecule has 1 unspecified atom stereocenters. The first-order valence-electron chi connectivity index (χ1n) is 10.1. The lowest BCUT2D eigenvalue weighted by Gasteiger charge is -2.19. The Morgan fingerprint density at radius 3 is 2.10 bits per heavy atom. The van der Waals surface area contributed by atoms with E-state index in [2.05, 4.69) is 5.32 Å². The van der Waals surface area contributed by atoms with Crippen molar-refractivity contribution >= 4 is 17.7 Å². The summed E-state index contributed by atoms with van der Waals surface area (Å²) in [6.45, 7) is 3.56. The smallest absolute Gasteiger partial charge is 0.308 e. The van der Waals surface area contributed by atoms with Crippen molar-refractivity contribution in [1.29, 1.82) is 0 Å². The molecule has 158 valence electrons. The van der Waals surface area contributed by atoms with Crippen molar-refractivity contribution in [2.75, 3.05) is 6.61 Å². The molecule has 0 heterocycles. The normalized spacial score (nSPS) is 11.4. The molecule has 0 aromatic heterocycles. The number of amides is 1. The van der Waals surface area contributed by atoms with Gasteiger partial charge in [0.2, 0.25) is 0 Å². The Balaban J connectivity index is 1.64. The van der Waals surface area contributed by atoms with Gasteiger partial charge in [0.25, 0.3) is 5.91 Å². The van der Waals surface area contributed by atoms with Gasteiger partial charge in [-0.1, -0.05) is 60.7 Å². The second-order valence-electron chi connectivity index (χ2n) is 7.39. The number of carbonyl (C=O) groups is 3. The molecule has 0 radical (unpaired) electrons. The van der Waals surface area contributed by atoms with Gasteiger partial charge in [-0.25, -0.2) is 0 Å². The molecule has 0 aliphatic heterocycles. The van der Waals surface area contributed by atoms with E-state index in [4.69, 9.17) is 4.74 Å². The van der Waals surface area contributed by atoms with Crippen molar-refractivity contribution in [1.82, 2.24) is 5.32 Å². The molecule has 0 saturated heterocycles. The van der Waals surface area contributed by atoms with Gasteiger partial charge >= 0.3 is 5.97 Å². The molecule has 31 heavy (non-hydrogen) atoms. The van der Waals surface area contributed by atoms with Gasteiger partial charge in [-0.3, -0.25) is 14.4 Å². The van der Waals surface area contributed by atoms with E-state index in [1.807, 2.05) is 56.3 Å². The summed E-state index contributed by atoms with van der Waals surface area (Å²) in [6.07, 6.45) is -0.0806. The van der Waals surface area contributed by atoms with Gasteiger partial charge in [-0.2, -0.15) is 0 Å². The summed E-state index contributed by atoms with van der Waals surface area (Å²) < 4.78 is 5.23. The minimum absolute atomic E-state index is 0.0806. The van der Waals surface area contributed by atoms with Crippen LogP contribution in [0.1, 0.15) is 49.9 Å². The van der Waals surface area contributed by atoms with Gasteiger partial charge in [0.05, 0.1) is 12.5 Å². The van der Waals surface area contributed by atoms with Crippen LogP contribution in [0.4, 0.5) is 0 Å². The molecule has 0 spiro atoms. The fourth-order valence-corrected chi connectivity index (χ4v) is 3.14. The van der Waals surface area contributed by atoms with Crippen molar-refractivity contribution in [3.8, 4) is 0 Å². The van der Waals surface area contributed by atoms with Gasteiger partial charge in [0, 0.05) is 11.1 Å². The summed E-state index contributed by atoms with van der Waals surface area (Å²) >= 11 is 0. The van der Waals surface area contributed by atoms with E-state index in [9.17, 15) is 14.4 Å². The largest absolute Gasteiger partial charge is 0.457 e. The van der Waals surface area contributed by atoms with Crippen LogP contribution in [0.25, 0.3) is 0 Å². The minimum atomic E-state index is -0.571. The monoisotopic (exact) mass is 415 g/mol. The second kappa shape index (κ2) is 10.3. The lowest BCUT2D eigenvalue weighted by Crippen LogP contribution is -2.31. The summed E-state index contributed by atoms with van der Waals surface area (Å²) in [5, 5.41) is 2.89. The molecular formula is C26H25NO4. The quantitative estimate of drug-likeness (QED) is 0.431. The SMILES string of the molecule is Cc1ccc(C(=O)COC(=O)CC(NC(=O)c2ccccc2)c2ccccc2)cc1C. The summed E-state index contributed by atoms with van der Waals surface area (Å²) in [4.78, 5) is 37.5. The molecule has 1 amide bonds. The predicted molar refractivity (Wildman–Crippen MR) is 119 cm³/mol. The zero-order chi connectivity index (χ0) is 22.2. The van der Waals surface area contributed by atoms with E-state index in [0.717, 1.165) is 16.7 Å². The van der Waals surface area contributed by atoms with Crippen molar-refractivity contribution in [3.63, 3.8) is 0 Å². The van der Waals surface area contributed by atoms with Crippen molar-refractivity contribution in [2.45, 2.75) is 26.3 Å². The van der Waals surface area contributed by atoms with Crippen LogP contribution in [0.2, 0.25) is 0 Å². The van der Waals surface area contributed by atoms with Crippen LogP contribution in [-0.2, 0) is 9.53 Å². The zero-order valence-electron chi connectivity index (χ0n) is 17.6. The Labute approximate surface area is 182 Å².